The number of esters is 1. The van der Waals surface area contributed by atoms with Crippen LogP contribution in [0, 0.1) is 0 Å². The predicted octanol–water partition coefficient (Wildman–Crippen LogP) is 3.21. The number of carbonyl (C=O) groups is 2. The number of carbonyl (C=O) groups excluding carboxylic acids is 1. The number of benzene rings is 2. The molecule has 2 N–H and O–H groups in total. The molecule has 180 valence electrons. The zero-order valence-electron chi connectivity index (χ0n) is 18.4. The highest BCUT2D eigenvalue weighted by Gasteiger charge is 2.34. The molecular formula is C21H26NO9PS. The number of aliphatic carboxylic acids is 1. The molecule has 2 rings (SSSR count). The van der Waals surface area contributed by atoms with Crippen molar-refractivity contribution in [1.29, 1.82) is 0 Å². The molecule has 2 atom stereocenters. The van der Waals surface area contributed by atoms with E-state index in [2.05, 4.69) is 5.09 Å². The molecule has 0 radical (unpaired) electrons. The van der Waals surface area contributed by atoms with Gasteiger partial charge in [-0.2, -0.15) is 5.09 Å². The number of ether oxygens (including phenoxy) is 1. The Bertz CT molecular complexity index is 1130. The molecule has 0 fully saturated rings. The van der Waals surface area contributed by atoms with Gasteiger partial charge in [0.1, 0.15) is 17.5 Å². The zero-order valence-corrected chi connectivity index (χ0v) is 20.1. The van der Waals surface area contributed by atoms with Gasteiger partial charge >= 0.3 is 19.7 Å². The first kappa shape index (κ1) is 26.4. The second-order valence-corrected chi connectivity index (χ2v) is 10.7. The molecule has 2 unspecified atom stereocenters. The van der Waals surface area contributed by atoms with Gasteiger partial charge in [-0.3, -0.25) is 9.59 Å². The summed E-state index contributed by atoms with van der Waals surface area (Å²) >= 11 is 0. The Balaban J connectivity index is 2.36. The van der Waals surface area contributed by atoms with E-state index in [1.165, 1.54) is 37.3 Å². The lowest BCUT2D eigenvalue weighted by Crippen LogP contribution is -2.35. The molecule has 0 heterocycles. The number of nitrogens with one attached hydrogen (secondary N) is 1. The molecule has 0 spiro atoms. The minimum atomic E-state index is -4.27. The fourth-order valence-electron chi connectivity index (χ4n) is 2.69. The third-order valence-corrected chi connectivity index (χ3v) is 6.99. The molecule has 0 aromatic heterocycles. The Morgan fingerprint density at radius 2 is 1.73 bits per heavy atom. The van der Waals surface area contributed by atoms with Crippen LogP contribution in [-0.4, -0.2) is 44.4 Å². The third-order valence-electron chi connectivity index (χ3n) is 4.27. The molecule has 2 aromatic rings. The smallest absolute Gasteiger partial charge is 0.481 e. The van der Waals surface area contributed by atoms with Crippen LogP contribution >= 0.6 is 7.75 Å². The number of para-hydroxylation sites is 1. The highest BCUT2D eigenvalue weighted by Crippen LogP contribution is 2.46. The van der Waals surface area contributed by atoms with Crippen molar-refractivity contribution in [2.45, 2.75) is 37.6 Å². The zero-order chi connectivity index (χ0) is 24.6. The van der Waals surface area contributed by atoms with E-state index >= 15 is 0 Å². The maximum atomic E-state index is 13.6. The summed E-state index contributed by atoms with van der Waals surface area (Å²) in [4.78, 5) is 23.1. The molecule has 33 heavy (non-hydrogen) atoms. The molecule has 0 aliphatic rings. The SMILES string of the molecule is CCOC(=O)C(C)NP(=O)(Oc1ccc(S(C)(=O)=O)cc1)Oc1ccccc1CCC(=O)O. The van der Waals surface area contributed by atoms with E-state index in [1.54, 1.807) is 25.1 Å². The van der Waals surface area contributed by atoms with Gasteiger partial charge in [-0.1, -0.05) is 18.2 Å². The summed E-state index contributed by atoms with van der Waals surface area (Å²) in [6, 6.07) is 10.5. The van der Waals surface area contributed by atoms with Crippen molar-refractivity contribution in [3.63, 3.8) is 0 Å². The van der Waals surface area contributed by atoms with Crippen molar-refractivity contribution in [3.8, 4) is 11.5 Å². The first-order chi connectivity index (χ1) is 15.4. The molecule has 0 aliphatic heterocycles. The minimum absolute atomic E-state index is 0.0253. The Morgan fingerprint density at radius 1 is 1.09 bits per heavy atom. The highest BCUT2D eigenvalue weighted by molar-refractivity contribution is 7.90. The molecule has 12 heteroatoms. The van der Waals surface area contributed by atoms with Gasteiger partial charge in [0.2, 0.25) is 0 Å². The molecule has 2 aromatic carbocycles. The minimum Gasteiger partial charge on any atom is -0.481 e. The van der Waals surface area contributed by atoms with E-state index in [0.717, 1.165) is 6.26 Å². The Morgan fingerprint density at radius 3 is 2.30 bits per heavy atom. The van der Waals surface area contributed by atoms with Crippen LogP contribution in [-0.2, 0) is 35.1 Å². The van der Waals surface area contributed by atoms with Gasteiger partial charge in [0.05, 0.1) is 11.5 Å². The van der Waals surface area contributed by atoms with Crippen LogP contribution < -0.4 is 14.1 Å². The van der Waals surface area contributed by atoms with Gasteiger partial charge in [0, 0.05) is 12.7 Å². The molecule has 10 nitrogen and oxygen atoms in total. The summed E-state index contributed by atoms with van der Waals surface area (Å²) in [5.41, 5.74) is 0.474. The van der Waals surface area contributed by atoms with Crippen molar-refractivity contribution in [1.82, 2.24) is 5.09 Å². The van der Waals surface area contributed by atoms with Crippen molar-refractivity contribution in [2.75, 3.05) is 12.9 Å². The van der Waals surface area contributed by atoms with Crippen LogP contribution in [0.5, 0.6) is 11.5 Å². The average molecular weight is 499 g/mol. The second-order valence-electron chi connectivity index (χ2n) is 7.03. The highest BCUT2D eigenvalue weighted by atomic mass is 32.2. The summed E-state index contributed by atoms with van der Waals surface area (Å²) in [5.74, 6) is -1.56. The van der Waals surface area contributed by atoms with Crippen LogP contribution in [0.15, 0.2) is 53.4 Å². The second kappa shape index (κ2) is 11.3. The molecule has 0 saturated heterocycles. The predicted molar refractivity (Wildman–Crippen MR) is 120 cm³/mol. The van der Waals surface area contributed by atoms with Crippen molar-refractivity contribution < 1.29 is 41.5 Å². The third kappa shape index (κ3) is 8.20. The molecule has 0 saturated carbocycles. The van der Waals surface area contributed by atoms with Gasteiger partial charge in [0.15, 0.2) is 9.84 Å². The van der Waals surface area contributed by atoms with Crippen LogP contribution in [0.4, 0.5) is 0 Å². The summed E-state index contributed by atoms with van der Waals surface area (Å²) in [5, 5.41) is 11.5. The number of carboxylic acids is 1. The summed E-state index contributed by atoms with van der Waals surface area (Å²) in [7, 11) is -7.72. The number of carboxylic acid groups (broad SMARTS) is 1. The molecule has 0 amide bonds. The lowest BCUT2D eigenvalue weighted by atomic mass is 10.1. The molecular weight excluding hydrogens is 473 g/mol. The molecule has 0 aliphatic carbocycles. The first-order valence-corrected chi connectivity index (χ1v) is 13.4. The summed E-state index contributed by atoms with van der Waals surface area (Å²) < 4.78 is 53.1. The Labute approximate surface area is 192 Å². The van der Waals surface area contributed by atoms with Gasteiger partial charge in [-0.25, -0.2) is 13.0 Å². The van der Waals surface area contributed by atoms with Crippen molar-refractivity contribution >= 4 is 29.5 Å². The van der Waals surface area contributed by atoms with Gasteiger partial charge < -0.3 is 18.9 Å². The topological polar surface area (TPSA) is 145 Å². The van der Waals surface area contributed by atoms with E-state index in [9.17, 15) is 22.6 Å². The molecule has 0 bridgehead atoms. The maximum Gasteiger partial charge on any atom is 0.513 e. The quantitative estimate of drug-likeness (QED) is 0.330. The van der Waals surface area contributed by atoms with Crippen LogP contribution in [0.1, 0.15) is 25.8 Å². The largest absolute Gasteiger partial charge is 0.513 e. The van der Waals surface area contributed by atoms with Gasteiger partial charge in [-0.05, 0) is 56.2 Å². The number of hydrogen-bond acceptors (Lipinski definition) is 8. The summed E-state index contributed by atoms with van der Waals surface area (Å²) in [6.45, 7) is 3.15. The Kier molecular flexibility index (Phi) is 9.04. The van der Waals surface area contributed by atoms with Gasteiger partial charge in [-0.15, -0.1) is 0 Å². The number of aryl methyl sites for hydroxylation is 1. The first-order valence-electron chi connectivity index (χ1n) is 9.97. The van der Waals surface area contributed by atoms with E-state index in [-0.39, 0.29) is 35.8 Å². The maximum absolute atomic E-state index is 13.6. The normalized spacial score (nSPS) is 14.0. The van der Waals surface area contributed by atoms with E-state index in [4.69, 9.17) is 18.9 Å². The monoisotopic (exact) mass is 499 g/mol. The fraction of sp³-hybridized carbons (Fsp3) is 0.333. The standard InChI is InChI=1S/C21H26NO9PS/c1-4-29-21(25)15(2)22-32(26,30-17-10-12-18(13-11-17)33(3,27)28)31-19-8-6-5-7-16(19)9-14-20(23)24/h5-8,10-13,15H,4,9,14H2,1-3H3,(H,22,26)(H,23,24). The average Bonchev–Trinajstić information content (AvgIpc) is 2.72. The number of sulfone groups is 1. The lowest BCUT2D eigenvalue weighted by molar-refractivity contribution is -0.144. The van der Waals surface area contributed by atoms with Crippen LogP contribution in [0.3, 0.4) is 0 Å². The van der Waals surface area contributed by atoms with Crippen LogP contribution in [0.2, 0.25) is 0 Å². The lowest BCUT2D eigenvalue weighted by Gasteiger charge is -2.24. The fourth-order valence-corrected chi connectivity index (χ4v) is 4.87. The number of rotatable bonds is 12. The van der Waals surface area contributed by atoms with E-state index < -0.39 is 35.6 Å². The van der Waals surface area contributed by atoms with Crippen LogP contribution in [0.25, 0.3) is 0 Å². The Hall–Kier alpha value is -2.88. The van der Waals surface area contributed by atoms with E-state index in [0.29, 0.717) is 5.56 Å². The van der Waals surface area contributed by atoms with Crippen molar-refractivity contribution in [2.24, 2.45) is 0 Å². The van der Waals surface area contributed by atoms with Crippen molar-refractivity contribution in [3.05, 3.63) is 54.1 Å². The summed E-state index contributed by atoms with van der Waals surface area (Å²) in [6.07, 6.45) is 0.987. The van der Waals surface area contributed by atoms with Gasteiger partial charge in [0.25, 0.3) is 0 Å². The van der Waals surface area contributed by atoms with E-state index in [1.807, 2.05) is 0 Å². The number of hydrogen-bond donors (Lipinski definition) is 2.